The van der Waals surface area contributed by atoms with Crippen molar-refractivity contribution < 1.29 is 9.53 Å². The second-order valence-electron chi connectivity index (χ2n) is 4.74. The standard InChI is InChI=1S/C15H20N2O2S/c1-17(12-5-3-4-6-12)15(18)10-20-14-8-7-11(16)9-13(14)19-2/h5,7-9H,3-4,6,10,16H2,1-2H3. The molecule has 0 radical (unpaired) electrons. The first-order valence-electron chi connectivity index (χ1n) is 6.63. The highest BCUT2D eigenvalue weighted by Gasteiger charge is 2.16. The highest BCUT2D eigenvalue weighted by Crippen LogP contribution is 2.31. The van der Waals surface area contributed by atoms with Gasteiger partial charge in [0.15, 0.2) is 0 Å². The average Bonchev–Trinajstić information content (AvgIpc) is 2.98. The van der Waals surface area contributed by atoms with Gasteiger partial charge >= 0.3 is 0 Å². The van der Waals surface area contributed by atoms with Crippen LogP contribution in [-0.2, 0) is 4.79 Å². The monoisotopic (exact) mass is 292 g/mol. The number of nitrogens with zero attached hydrogens (tertiary/aromatic N) is 1. The van der Waals surface area contributed by atoms with Crippen LogP contribution < -0.4 is 10.5 Å². The molecule has 1 aromatic rings. The van der Waals surface area contributed by atoms with Gasteiger partial charge < -0.3 is 15.4 Å². The van der Waals surface area contributed by atoms with Crippen LogP contribution in [0.4, 0.5) is 5.69 Å². The van der Waals surface area contributed by atoms with Crippen molar-refractivity contribution in [2.45, 2.75) is 24.2 Å². The molecule has 108 valence electrons. The summed E-state index contributed by atoms with van der Waals surface area (Å²) in [7, 11) is 3.45. The van der Waals surface area contributed by atoms with E-state index in [2.05, 4.69) is 6.08 Å². The lowest BCUT2D eigenvalue weighted by Gasteiger charge is -2.18. The van der Waals surface area contributed by atoms with Crippen LogP contribution in [0, 0.1) is 0 Å². The van der Waals surface area contributed by atoms with E-state index < -0.39 is 0 Å². The van der Waals surface area contributed by atoms with Crippen LogP contribution >= 0.6 is 11.8 Å². The van der Waals surface area contributed by atoms with Gasteiger partial charge in [0.1, 0.15) is 5.75 Å². The van der Waals surface area contributed by atoms with Crippen molar-refractivity contribution in [1.82, 2.24) is 4.90 Å². The number of hydrogen-bond donors (Lipinski definition) is 1. The molecular weight excluding hydrogens is 272 g/mol. The van der Waals surface area contributed by atoms with E-state index in [1.807, 2.05) is 19.2 Å². The normalized spacial score (nSPS) is 14.0. The Morgan fingerprint density at radius 3 is 2.95 bits per heavy atom. The molecule has 1 aromatic carbocycles. The smallest absolute Gasteiger partial charge is 0.236 e. The third-order valence-electron chi connectivity index (χ3n) is 3.36. The lowest BCUT2D eigenvalue weighted by Crippen LogP contribution is -2.27. The van der Waals surface area contributed by atoms with E-state index in [-0.39, 0.29) is 5.91 Å². The molecule has 0 aromatic heterocycles. The number of nitrogens with two attached hydrogens (primary N) is 1. The molecule has 5 heteroatoms. The van der Waals surface area contributed by atoms with Gasteiger partial charge in [-0.15, -0.1) is 11.8 Å². The molecule has 2 rings (SSSR count). The molecule has 0 unspecified atom stereocenters. The Bertz CT molecular complexity index is 529. The molecule has 1 aliphatic carbocycles. The molecule has 0 spiro atoms. The summed E-state index contributed by atoms with van der Waals surface area (Å²) in [4.78, 5) is 14.9. The molecular formula is C15H20N2O2S. The minimum absolute atomic E-state index is 0.113. The minimum Gasteiger partial charge on any atom is -0.496 e. The number of ether oxygens (including phenoxy) is 1. The largest absolute Gasteiger partial charge is 0.496 e. The average molecular weight is 292 g/mol. The quantitative estimate of drug-likeness (QED) is 0.669. The predicted octanol–water partition coefficient (Wildman–Crippen LogP) is 2.90. The fourth-order valence-electron chi connectivity index (χ4n) is 2.16. The number of thioether (sulfide) groups is 1. The van der Waals surface area contributed by atoms with Crippen LogP contribution in [0.25, 0.3) is 0 Å². The van der Waals surface area contributed by atoms with E-state index >= 15 is 0 Å². The van der Waals surface area contributed by atoms with Crippen molar-refractivity contribution in [3.8, 4) is 5.75 Å². The summed E-state index contributed by atoms with van der Waals surface area (Å²) < 4.78 is 5.28. The topological polar surface area (TPSA) is 55.6 Å². The Labute approximate surface area is 124 Å². The summed E-state index contributed by atoms with van der Waals surface area (Å²) in [6.45, 7) is 0. The zero-order valence-corrected chi connectivity index (χ0v) is 12.7. The number of amides is 1. The Balaban J connectivity index is 1.96. The minimum atomic E-state index is 0.113. The summed E-state index contributed by atoms with van der Waals surface area (Å²) in [6, 6.07) is 5.48. The molecule has 1 aliphatic rings. The zero-order valence-electron chi connectivity index (χ0n) is 11.9. The van der Waals surface area contributed by atoms with Crippen LogP contribution in [0.1, 0.15) is 19.3 Å². The molecule has 0 heterocycles. The van der Waals surface area contributed by atoms with Gasteiger partial charge in [0, 0.05) is 29.4 Å². The zero-order chi connectivity index (χ0) is 14.5. The Morgan fingerprint density at radius 2 is 2.30 bits per heavy atom. The summed E-state index contributed by atoms with van der Waals surface area (Å²) >= 11 is 1.48. The SMILES string of the molecule is COc1cc(N)ccc1SCC(=O)N(C)C1=CCCC1. The van der Waals surface area contributed by atoms with Crippen LogP contribution in [0.5, 0.6) is 5.75 Å². The van der Waals surface area contributed by atoms with E-state index in [1.54, 1.807) is 18.1 Å². The highest BCUT2D eigenvalue weighted by atomic mass is 32.2. The number of carbonyl (C=O) groups is 1. The number of allylic oxidation sites excluding steroid dienone is 2. The first kappa shape index (κ1) is 14.8. The summed E-state index contributed by atoms with van der Waals surface area (Å²) in [6.07, 6.45) is 5.36. The van der Waals surface area contributed by atoms with Gasteiger partial charge in [0.05, 0.1) is 12.9 Å². The first-order chi connectivity index (χ1) is 9.61. The Morgan fingerprint density at radius 1 is 1.50 bits per heavy atom. The van der Waals surface area contributed by atoms with E-state index in [0.717, 1.165) is 29.9 Å². The van der Waals surface area contributed by atoms with Crippen molar-refractivity contribution in [2.24, 2.45) is 0 Å². The molecule has 0 saturated heterocycles. The van der Waals surface area contributed by atoms with Gasteiger partial charge in [-0.05, 0) is 31.4 Å². The Hall–Kier alpha value is -1.62. The van der Waals surface area contributed by atoms with Gasteiger partial charge in [-0.25, -0.2) is 0 Å². The van der Waals surface area contributed by atoms with E-state index in [1.165, 1.54) is 11.8 Å². The van der Waals surface area contributed by atoms with Crippen molar-refractivity contribution in [3.05, 3.63) is 30.0 Å². The molecule has 20 heavy (non-hydrogen) atoms. The molecule has 0 bridgehead atoms. The molecule has 0 fully saturated rings. The fourth-order valence-corrected chi connectivity index (χ4v) is 3.08. The van der Waals surface area contributed by atoms with Crippen molar-refractivity contribution in [2.75, 3.05) is 25.6 Å². The third-order valence-corrected chi connectivity index (χ3v) is 4.40. The first-order valence-corrected chi connectivity index (χ1v) is 7.62. The summed E-state index contributed by atoms with van der Waals surface area (Å²) in [5.41, 5.74) is 7.51. The van der Waals surface area contributed by atoms with Crippen LogP contribution in [0.3, 0.4) is 0 Å². The maximum Gasteiger partial charge on any atom is 0.236 e. The van der Waals surface area contributed by atoms with Crippen LogP contribution in [-0.4, -0.2) is 30.7 Å². The molecule has 1 amide bonds. The van der Waals surface area contributed by atoms with Gasteiger partial charge in [-0.1, -0.05) is 6.08 Å². The van der Waals surface area contributed by atoms with Crippen molar-refractivity contribution in [3.63, 3.8) is 0 Å². The molecule has 2 N–H and O–H groups in total. The number of anilines is 1. The second kappa shape index (κ2) is 6.70. The third kappa shape index (κ3) is 3.48. The number of hydrogen-bond acceptors (Lipinski definition) is 4. The maximum atomic E-state index is 12.2. The van der Waals surface area contributed by atoms with Gasteiger partial charge in [0.25, 0.3) is 0 Å². The fraction of sp³-hybridized carbons (Fsp3) is 0.400. The highest BCUT2D eigenvalue weighted by molar-refractivity contribution is 8.00. The number of rotatable bonds is 5. The van der Waals surface area contributed by atoms with Crippen molar-refractivity contribution in [1.29, 1.82) is 0 Å². The summed E-state index contributed by atoms with van der Waals surface area (Å²) in [5.74, 6) is 1.22. The van der Waals surface area contributed by atoms with Gasteiger partial charge in [0.2, 0.25) is 5.91 Å². The van der Waals surface area contributed by atoms with Crippen LogP contribution in [0.15, 0.2) is 34.9 Å². The lowest BCUT2D eigenvalue weighted by molar-refractivity contribution is -0.125. The number of nitrogen functional groups attached to an aromatic ring is 1. The maximum absolute atomic E-state index is 12.2. The lowest BCUT2D eigenvalue weighted by atomic mass is 10.3. The van der Waals surface area contributed by atoms with Crippen LogP contribution in [0.2, 0.25) is 0 Å². The van der Waals surface area contributed by atoms with Gasteiger partial charge in [-0.3, -0.25) is 4.79 Å². The van der Waals surface area contributed by atoms with E-state index in [9.17, 15) is 4.79 Å². The molecule has 0 aliphatic heterocycles. The van der Waals surface area contributed by atoms with Crippen molar-refractivity contribution >= 4 is 23.4 Å². The molecule has 0 atom stereocenters. The molecule has 4 nitrogen and oxygen atoms in total. The van der Waals surface area contributed by atoms with Gasteiger partial charge in [-0.2, -0.15) is 0 Å². The summed E-state index contributed by atoms with van der Waals surface area (Å²) in [5, 5.41) is 0. The van der Waals surface area contributed by atoms with E-state index in [4.69, 9.17) is 10.5 Å². The molecule has 0 saturated carbocycles. The number of carbonyl (C=O) groups excluding carboxylic acids is 1. The van der Waals surface area contributed by atoms with E-state index in [0.29, 0.717) is 17.2 Å². The Kier molecular flexibility index (Phi) is 4.95. The number of methoxy groups -OCH3 is 1. The second-order valence-corrected chi connectivity index (χ2v) is 5.76. The predicted molar refractivity (Wildman–Crippen MR) is 82.8 cm³/mol. The number of benzene rings is 1.